The van der Waals surface area contributed by atoms with E-state index in [1.54, 1.807) is 0 Å². The second kappa shape index (κ2) is 10.1. The molecule has 3 saturated heterocycles. The van der Waals surface area contributed by atoms with E-state index in [0.29, 0.717) is 24.9 Å². The van der Waals surface area contributed by atoms with Crippen molar-refractivity contribution in [3.8, 4) is 0 Å². The van der Waals surface area contributed by atoms with E-state index in [4.69, 9.17) is 4.74 Å². The van der Waals surface area contributed by atoms with Gasteiger partial charge in [0.25, 0.3) is 0 Å². The van der Waals surface area contributed by atoms with Crippen LogP contribution < -0.4 is 0 Å². The van der Waals surface area contributed by atoms with Gasteiger partial charge < -0.3 is 14.7 Å². The van der Waals surface area contributed by atoms with Gasteiger partial charge in [-0.05, 0) is 63.6 Å². The maximum Gasteiger partial charge on any atom is 0.326 e. The van der Waals surface area contributed by atoms with Gasteiger partial charge in [-0.1, -0.05) is 19.8 Å². The average Bonchev–Trinajstić information content (AvgIpc) is 2.75. The van der Waals surface area contributed by atoms with Crippen LogP contribution in [0.1, 0.15) is 64.7 Å². The number of sulfonamides is 1. The molecule has 0 amide bonds. The minimum absolute atomic E-state index is 0.0427. The fraction of sp³-hybridized carbons (Fsp3) is 0.952. The Kier molecular flexibility index (Phi) is 7.98. The minimum Gasteiger partial charge on any atom is -0.480 e. The number of carboxylic acid groups (broad SMARTS) is 1. The summed E-state index contributed by atoms with van der Waals surface area (Å²) in [7, 11) is -3.88. The summed E-state index contributed by atoms with van der Waals surface area (Å²) in [5.41, 5.74) is 0. The lowest BCUT2D eigenvalue weighted by atomic mass is 9.79. The molecule has 7 nitrogen and oxygen atoms in total. The van der Waals surface area contributed by atoms with Crippen molar-refractivity contribution < 1.29 is 23.1 Å². The molecule has 3 fully saturated rings. The van der Waals surface area contributed by atoms with Crippen LogP contribution in [0.25, 0.3) is 0 Å². The van der Waals surface area contributed by atoms with Crippen LogP contribution in [0.5, 0.6) is 0 Å². The Morgan fingerprint density at radius 3 is 2.07 bits per heavy atom. The number of nitrogens with zero attached hydrogens (tertiary/aromatic N) is 2. The van der Waals surface area contributed by atoms with E-state index in [2.05, 4.69) is 11.8 Å². The van der Waals surface area contributed by atoms with Crippen molar-refractivity contribution in [2.75, 3.05) is 45.9 Å². The number of likely N-dealkylation sites (tertiary alicyclic amines) is 1. The first-order chi connectivity index (χ1) is 13.9. The highest BCUT2D eigenvalue weighted by Crippen LogP contribution is 2.38. The molecule has 3 rings (SSSR count). The molecule has 0 saturated carbocycles. The standard InChI is InChI=1S/C21H38N2O5S/c1-2-3-4-11-22-12-5-18(6-13-22)19-7-14-23(15-8-19)29(26,27)21(20(24)25)9-16-28-17-10-21/h18-19H,2-17H2,1H3,(H,24,25). The Morgan fingerprint density at radius 2 is 1.55 bits per heavy atom. The highest BCUT2D eigenvalue weighted by molar-refractivity contribution is 7.91. The van der Waals surface area contributed by atoms with Crippen LogP contribution in [0.15, 0.2) is 0 Å². The van der Waals surface area contributed by atoms with Gasteiger partial charge in [0.05, 0.1) is 0 Å². The van der Waals surface area contributed by atoms with Gasteiger partial charge in [-0.3, -0.25) is 4.79 Å². The third kappa shape index (κ3) is 4.97. The molecule has 0 aliphatic carbocycles. The number of aliphatic carboxylic acids is 1. The third-order valence-corrected chi connectivity index (χ3v) is 10.0. The first-order valence-electron chi connectivity index (χ1n) is 11.4. The summed E-state index contributed by atoms with van der Waals surface area (Å²) in [6.45, 7) is 7.07. The summed E-state index contributed by atoms with van der Waals surface area (Å²) >= 11 is 0. The van der Waals surface area contributed by atoms with Crippen molar-refractivity contribution in [3.05, 3.63) is 0 Å². The highest BCUT2D eigenvalue weighted by atomic mass is 32.2. The van der Waals surface area contributed by atoms with Crippen LogP contribution in [0, 0.1) is 11.8 Å². The quantitative estimate of drug-likeness (QED) is 0.596. The van der Waals surface area contributed by atoms with E-state index in [0.717, 1.165) is 25.9 Å². The second-order valence-corrected chi connectivity index (χ2v) is 11.3. The summed E-state index contributed by atoms with van der Waals surface area (Å²) in [6, 6.07) is 0. The predicted molar refractivity (Wildman–Crippen MR) is 112 cm³/mol. The largest absolute Gasteiger partial charge is 0.480 e. The molecule has 168 valence electrons. The van der Waals surface area contributed by atoms with Gasteiger partial charge in [0.1, 0.15) is 0 Å². The van der Waals surface area contributed by atoms with Crippen LogP contribution >= 0.6 is 0 Å². The minimum atomic E-state index is -3.88. The van der Waals surface area contributed by atoms with E-state index >= 15 is 0 Å². The normalized spacial score (nSPS) is 25.8. The van der Waals surface area contributed by atoms with Crippen molar-refractivity contribution in [2.24, 2.45) is 11.8 Å². The topological polar surface area (TPSA) is 87.2 Å². The van der Waals surface area contributed by atoms with Gasteiger partial charge in [-0.15, -0.1) is 0 Å². The molecule has 8 heteroatoms. The molecule has 3 heterocycles. The van der Waals surface area contributed by atoms with Crippen LogP contribution in [-0.4, -0.2) is 79.4 Å². The maximum absolute atomic E-state index is 13.2. The lowest BCUT2D eigenvalue weighted by Gasteiger charge is -2.42. The summed E-state index contributed by atoms with van der Waals surface area (Å²) in [4.78, 5) is 14.5. The van der Waals surface area contributed by atoms with Crippen molar-refractivity contribution in [1.82, 2.24) is 9.21 Å². The van der Waals surface area contributed by atoms with Gasteiger partial charge in [0, 0.05) is 39.1 Å². The maximum atomic E-state index is 13.2. The fourth-order valence-electron chi connectivity index (χ4n) is 5.35. The molecule has 0 aromatic carbocycles. The summed E-state index contributed by atoms with van der Waals surface area (Å²) in [5.74, 6) is 0.0203. The molecule has 29 heavy (non-hydrogen) atoms. The van der Waals surface area contributed by atoms with E-state index < -0.39 is 20.7 Å². The van der Waals surface area contributed by atoms with Crippen LogP contribution in [0.2, 0.25) is 0 Å². The monoisotopic (exact) mass is 430 g/mol. The lowest BCUT2D eigenvalue weighted by Crippen LogP contribution is -2.57. The Morgan fingerprint density at radius 1 is 1.00 bits per heavy atom. The molecule has 0 spiro atoms. The summed E-state index contributed by atoms with van der Waals surface area (Å²) in [6.07, 6.45) is 8.05. The molecule has 0 bridgehead atoms. The van der Waals surface area contributed by atoms with E-state index in [1.807, 2.05) is 0 Å². The zero-order chi connectivity index (χ0) is 20.9. The number of piperidine rings is 2. The number of carbonyl (C=O) groups is 1. The number of carboxylic acids is 1. The molecule has 3 aliphatic rings. The molecule has 0 radical (unpaired) electrons. The van der Waals surface area contributed by atoms with Crippen molar-refractivity contribution >= 4 is 16.0 Å². The zero-order valence-electron chi connectivity index (χ0n) is 17.9. The average molecular weight is 431 g/mol. The molecular formula is C21H38N2O5S. The van der Waals surface area contributed by atoms with Crippen LogP contribution in [0.4, 0.5) is 0 Å². The Balaban J connectivity index is 1.52. The van der Waals surface area contributed by atoms with Crippen molar-refractivity contribution in [1.29, 1.82) is 0 Å². The molecular weight excluding hydrogens is 392 g/mol. The molecule has 0 unspecified atom stereocenters. The zero-order valence-corrected chi connectivity index (χ0v) is 18.7. The van der Waals surface area contributed by atoms with Crippen LogP contribution in [0.3, 0.4) is 0 Å². The Labute approximate surface area is 175 Å². The smallest absolute Gasteiger partial charge is 0.326 e. The van der Waals surface area contributed by atoms with Crippen LogP contribution in [-0.2, 0) is 19.6 Å². The first-order valence-corrected chi connectivity index (χ1v) is 12.9. The second-order valence-electron chi connectivity index (χ2n) is 9.04. The van der Waals surface area contributed by atoms with Gasteiger partial charge >= 0.3 is 5.97 Å². The molecule has 3 aliphatic heterocycles. The Hall–Kier alpha value is -0.700. The summed E-state index contributed by atoms with van der Waals surface area (Å²) in [5, 5.41) is 9.75. The van der Waals surface area contributed by atoms with E-state index in [9.17, 15) is 18.3 Å². The van der Waals surface area contributed by atoms with Crippen molar-refractivity contribution in [3.63, 3.8) is 0 Å². The number of ether oxygens (including phenoxy) is 1. The SMILES string of the molecule is CCCCCN1CCC(C2CCN(S(=O)(=O)C3(C(=O)O)CCOCC3)CC2)CC1. The van der Waals surface area contributed by atoms with E-state index in [-0.39, 0.29) is 26.1 Å². The van der Waals surface area contributed by atoms with E-state index in [1.165, 1.54) is 43.0 Å². The molecule has 0 aromatic rings. The fourth-order valence-corrected chi connectivity index (χ4v) is 7.44. The highest BCUT2D eigenvalue weighted by Gasteiger charge is 2.55. The number of hydrogen-bond donors (Lipinski definition) is 1. The molecule has 0 aromatic heterocycles. The third-order valence-electron chi connectivity index (χ3n) is 7.40. The Bertz CT molecular complexity index is 631. The number of hydrogen-bond acceptors (Lipinski definition) is 5. The molecule has 0 atom stereocenters. The van der Waals surface area contributed by atoms with Gasteiger partial charge in [0.15, 0.2) is 4.75 Å². The van der Waals surface area contributed by atoms with Gasteiger partial charge in [-0.25, -0.2) is 12.7 Å². The van der Waals surface area contributed by atoms with Gasteiger partial charge in [0.2, 0.25) is 10.0 Å². The summed E-state index contributed by atoms with van der Waals surface area (Å²) < 4.78 is 31.5. The first kappa shape index (κ1) is 23.0. The lowest BCUT2D eigenvalue weighted by molar-refractivity contribution is -0.142. The predicted octanol–water partition coefficient (Wildman–Crippen LogP) is 2.56. The van der Waals surface area contributed by atoms with Crippen molar-refractivity contribution in [2.45, 2.75) is 69.5 Å². The van der Waals surface area contributed by atoms with Gasteiger partial charge in [-0.2, -0.15) is 0 Å². The number of unbranched alkanes of at least 4 members (excludes halogenated alkanes) is 2. The molecule has 1 N–H and O–H groups in total. The number of rotatable bonds is 8.